The molecule has 3 aromatic rings. The van der Waals surface area contributed by atoms with Crippen LogP contribution in [-0.2, 0) is 22.7 Å². The SMILES string of the molecule is O=c1ccc(-n2cncn2)nn1CCNS(=O)(=O)c1cccc(C(F)(F)F)c1. The number of hydrogen-bond acceptors (Lipinski definition) is 6. The number of rotatable bonds is 6. The van der Waals surface area contributed by atoms with Crippen molar-refractivity contribution in [1.29, 1.82) is 0 Å². The number of nitrogens with one attached hydrogen (secondary N) is 1. The predicted molar refractivity (Wildman–Crippen MR) is 90.0 cm³/mol. The standard InChI is InChI=1S/C15H13F3N6O3S/c16-15(17,18)11-2-1-3-12(8-11)28(26,27)21-6-7-23-14(25)5-4-13(22-23)24-10-19-9-20-24/h1-5,8-10,21H,6-7H2. The van der Waals surface area contributed by atoms with Gasteiger partial charge in [0.25, 0.3) is 5.56 Å². The lowest BCUT2D eigenvalue weighted by Gasteiger charge is -2.11. The second-order valence-corrected chi connectivity index (χ2v) is 7.28. The summed E-state index contributed by atoms with van der Waals surface area (Å²) in [4.78, 5) is 15.1. The third-order valence-corrected chi connectivity index (χ3v) is 5.05. The van der Waals surface area contributed by atoms with Crippen LogP contribution in [0.2, 0.25) is 0 Å². The van der Waals surface area contributed by atoms with Gasteiger partial charge < -0.3 is 0 Å². The molecule has 1 N–H and O–H groups in total. The number of alkyl halides is 3. The molecule has 2 heterocycles. The fourth-order valence-electron chi connectivity index (χ4n) is 2.26. The zero-order valence-corrected chi connectivity index (χ0v) is 14.9. The third kappa shape index (κ3) is 4.43. The summed E-state index contributed by atoms with van der Waals surface area (Å²) >= 11 is 0. The first-order valence-electron chi connectivity index (χ1n) is 7.77. The second kappa shape index (κ2) is 7.52. The first-order chi connectivity index (χ1) is 13.2. The Morgan fingerprint density at radius 2 is 1.93 bits per heavy atom. The highest BCUT2D eigenvalue weighted by atomic mass is 32.2. The zero-order valence-electron chi connectivity index (χ0n) is 14.0. The van der Waals surface area contributed by atoms with Gasteiger partial charge in [-0.1, -0.05) is 6.07 Å². The molecule has 3 rings (SSSR count). The van der Waals surface area contributed by atoms with Crippen molar-refractivity contribution in [3.8, 4) is 5.82 Å². The average molecular weight is 414 g/mol. The molecule has 0 fully saturated rings. The van der Waals surface area contributed by atoms with Crippen molar-refractivity contribution in [3.05, 3.63) is 65.0 Å². The normalized spacial score (nSPS) is 12.2. The Morgan fingerprint density at radius 1 is 1.14 bits per heavy atom. The molecule has 28 heavy (non-hydrogen) atoms. The van der Waals surface area contributed by atoms with Crippen LogP contribution in [-0.4, -0.2) is 39.5 Å². The van der Waals surface area contributed by atoms with E-state index < -0.39 is 32.2 Å². The van der Waals surface area contributed by atoms with Gasteiger partial charge in [0.15, 0.2) is 5.82 Å². The molecular weight excluding hydrogens is 401 g/mol. The Balaban J connectivity index is 1.73. The second-order valence-electron chi connectivity index (χ2n) is 5.52. The van der Waals surface area contributed by atoms with Crippen molar-refractivity contribution in [2.75, 3.05) is 6.54 Å². The highest BCUT2D eigenvalue weighted by Crippen LogP contribution is 2.30. The molecule has 0 unspecified atom stereocenters. The van der Waals surface area contributed by atoms with Gasteiger partial charge in [0.05, 0.1) is 17.0 Å². The molecule has 0 aliphatic rings. The Morgan fingerprint density at radius 3 is 2.61 bits per heavy atom. The molecule has 0 saturated carbocycles. The summed E-state index contributed by atoms with van der Waals surface area (Å²) in [5.41, 5.74) is -1.56. The van der Waals surface area contributed by atoms with Crippen LogP contribution < -0.4 is 10.3 Å². The molecule has 1 aromatic carbocycles. The maximum Gasteiger partial charge on any atom is 0.416 e. The van der Waals surface area contributed by atoms with Gasteiger partial charge in [-0.15, -0.1) is 5.10 Å². The van der Waals surface area contributed by atoms with Crippen LogP contribution in [0.5, 0.6) is 0 Å². The largest absolute Gasteiger partial charge is 0.416 e. The number of sulfonamides is 1. The summed E-state index contributed by atoms with van der Waals surface area (Å²) in [7, 11) is -4.20. The maximum atomic E-state index is 12.8. The van der Waals surface area contributed by atoms with Crippen molar-refractivity contribution < 1.29 is 21.6 Å². The summed E-state index contributed by atoms with van der Waals surface area (Å²) in [5.74, 6) is 0.290. The van der Waals surface area contributed by atoms with Crippen LogP contribution in [0.1, 0.15) is 5.56 Å². The van der Waals surface area contributed by atoms with Gasteiger partial charge in [-0.05, 0) is 24.3 Å². The van der Waals surface area contributed by atoms with Gasteiger partial charge in [-0.2, -0.15) is 18.3 Å². The Labute approximate surface area is 156 Å². The van der Waals surface area contributed by atoms with E-state index in [-0.39, 0.29) is 18.9 Å². The van der Waals surface area contributed by atoms with Gasteiger partial charge in [-0.3, -0.25) is 4.79 Å². The molecule has 2 aromatic heterocycles. The predicted octanol–water partition coefficient (Wildman–Crippen LogP) is 0.821. The van der Waals surface area contributed by atoms with E-state index in [2.05, 4.69) is 19.9 Å². The van der Waals surface area contributed by atoms with Gasteiger partial charge in [0, 0.05) is 12.6 Å². The maximum absolute atomic E-state index is 12.8. The van der Waals surface area contributed by atoms with Crippen LogP contribution in [0.3, 0.4) is 0 Å². The monoisotopic (exact) mass is 414 g/mol. The fourth-order valence-corrected chi connectivity index (χ4v) is 3.32. The fraction of sp³-hybridized carbons (Fsp3) is 0.200. The van der Waals surface area contributed by atoms with Crippen LogP contribution >= 0.6 is 0 Å². The van der Waals surface area contributed by atoms with Crippen LogP contribution in [0, 0.1) is 0 Å². The van der Waals surface area contributed by atoms with Crippen molar-refractivity contribution in [2.24, 2.45) is 0 Å². The van der Waals surface area contributed by atoms with Gasteiger partial charge >= 0.3 is 6.18 Å². The van der Waals surface area contributed by atoms with E-state index in [9.17, 15) is 26.4 Å². The molecule has 0 saturated heterocycles. The minimum atomic E-state index is -4.66. The molecule has 148 valence electrons. The summed E-state index contributed by atoms with van der Waals surface area (Å²) < 4.78 is 67.2. The minimum absolute atomic E-state index is 0.139. The number of nitrogens with zero attached hydrogens (tertiary/aromatic N) is 5. The lowest BCUT2D eigenvalue weighted by molar-refractivity contribution is -0.137. The molecule has 0 spiro atoms. The van der Waals surface area contributed by atoms with E-state index in [4.69, 9.17) is 0 Å². The number of aromatic nitrogens is 5. The molecule has 0 bridgehead atoms. The van der Waals surface area contributed by atoms with E-state index in [0.29, 0.717) is 6.07 Å². The molecule has 0 atom stereocenters. The van der Waals surface area contributed by atoms with Crippen molar-refractivity contribution in [1.82, 2.24) is 29.3 Å². The number of halogens is 3. The zero-order chi connectivity index (χ0) is 20.4. The lowest BCUT2D eigenvalue weighted by Crippen LogP contribution is -2.32. The van der Waals surface area contributed by atoms with Crippen molar-refractivity contribution in [3.63, 3.8) is 0 Å². The molecule has 9 nitrogen and oxygen atoms in total. The van der Waals surface area contributed by atoms with E-state index in [0.717, 1.165) is 22.9 Å². The third-order valence-electron chi connectivity index (χ3n) is 3.59. The molecule has 0 radical (unpaired) electrons. The summed E-state index contributed by atoms with van der Waals surface area (Å²) in [5, 5.41) is 7.90. The Hall–Kier alpha value is -3.06. The van der Waals surface area contributed by atoms with E-state index >= 15 is 0 Å². The van der Waals surface area contributed by atoms with E-state index in [1.54, 1.807) is 0 Å². The summed E-state index contributed by atoms with van der Waals surface area (Å²) in [6.45, 7) is -0.397. The van der Waals surface area contributed by atoms with Crippen LogP contribution in [0.4, 0.5) is 13.2 Å². The first kappa shape index (κ1) is 19.7. The molecule has 0 amide bonds. The van der Waals surface area contributed by atoms with Gasteiger partial charge in [0.1, 0.15) is 12.7 Å². The number of hydrogen-bond donors (Lipinski definition) is 1. The lowest BCUT2D eigenvalue weighted by atomic mass is 10.2. The summed E-state index contributed by atoms with van der Waals surface area (Å²) in [6, 6.07) is 6.01. The van der Waals surface area contributed by atoms with Gasteiger partial charge in [0.2, 0.25) is 10.0 Å². The van der Waals surface area contributed by atoms with E-state index in [1.165, 1.54) is 29.5 Å². The highest BCUT2D eigenvalue weighted by molar-refractivity contribution is 7.89. The van der Waals surface area contributed by atoms with Crippen LogP contribution in [0.25, 0.3) is 5.82 Å². The molecule has 0 aliphatic carbocycles. The summed E-state index contributed by atoms with van der Waals surface area (Å²) in [6.07, 6.45) is -2.02. The minimum Gasteiger partial charge on any atom is -0.268 e. The van der Waals surface area contributed by atoms with Gasteiger partial charge in [-0.25, -0.2) is 27.5 Å². The van der Waals surface area contributed by atoms with Crippen LogP contribution in [0.15, 0.2) is 58.7 Å². The Kier molecular flexibility index (Phi) is 5.29. The first-order valence-corrected chi connectivity index (χ1v) is 9.25. The average Bonchev–Trinajstić information content (AvgIpc) is 3.17. The highest BCUT2D eigenvalue weighted by Gasteiger charge is 2.31. The van der Waals surface area contributed by atoms with E-state index in [1.807, 2.05) is 0 Å². The quantitative estimate of drug-likeness (QED) is 0.639. The van der Waals surface area contributed by atoms with Crippen molar-refractivity contribution in [2.45, 2.75) is 17.6 Å². The molecular formula is C15H13F3N6O3S. The topological polar surface area (TPSA) is 112 Å². The number of benzene rings is 1. The molecule has 0 aliphatic heterocycles. The smallest absolute Gasteiger partial charge is 0.268 e. The molecule has 13 heteroatoms. The van der Waals surface area contributed by atoms with Crippen molar-refractivity contribution >= 4 is 10.0 Å². The Bertz CT molecular complexity index is 1130.